The quantitative estimate of drug-likeness (QED) is 0.601. The van der Waals surface area contributed by atoms with Crippen LogP contribution in [0.4, 0.5) is 0 Å². The number of amides is 2. The molecule has 0 saturated carbocycles. The molecule has 0 radical (unpaired) electrons. The van der Waals surface area contributed by atoms with Gasteiger partial charge in [-0.15, -0.1) is 0 Å². The van der Waals surface area contributed by atoms with Crippen molar-refractivity contribution < 1.29 is 19.1 Å². The van der Waals surface area contributed by atoms with Crippen LogP contribution in [0.2, 0.25) is 0 Å². The summed E-state index contributed by atoms with van der Waals surface area (Å²) in [4.78, 5) is 23.7. The summed E-state index contributed by atoms with van der Waals surface area (Å²) in [6.45, 7) is 3.73. The summed E-state index contributed by atoms with van der Waals surface area (Å²) >= 11 is 0. The van der Waals surface area contributed by atoms with E-state index in [4.69, 9.17) is 9.47 Å². The average Bonchev–Trinajstić information content (AvgIpc) is 2.94. The van der Waals surface area contributed by atoms with E-state index in [0.29, 0.717) is 11.5 Å². The highest BCUT2D eigenvalue weighted by Gasteiger charge is 2.07. The minimum atomic E-state index is -0.464. The molecule has 8 heteroatoms. The van der Waals surface area contributed by atoms with Gasteiger partial charge in [-0.1, -0.05) is 0 Å². The van der Waals surface area contributed by atoms with Crippen molar-refractivity contribution >= 4 is 17.9 Å². The lowest BCUT2D eigenvalue weighted by molar-refractivity contribution is -0.127. The van der Waals surface area contributed by atoms with E-state index in [-0.39, 0.29) is 12.5 Å². The smallest absolute Gasteiger partial charge is 0.262 e. The summed E-state index contributed by atoms with van der Waals surface area (Å²) in [6.07, 6.45) is 2.89. The molecular weight excluding hydrogens is 336 g/mol. The summed E-state index contributed by atoms with van der Waals surface area (Å²) in [5.41, 5.74) is 7.10. The first-order valence-corrected chi connectivity index (χ1v) is 7.92. The lowest BCUT2D eigenvalue weighted by Crippen LogP contribution is -2.42. The lowest BCUT2D eigenvalue weighted by atomic mass is 10.2. The molecule has 1 aromatic heterocycles. The van der Waals surface area contributed by atoms with Crippen molar-refractivity contribution in [3.05, 3.63) is 47.3 Å². The number of rotatable bonds is 6. The Kier molecular flexibility index (Phi) is 6.37. The molecule has 2 rings (SSSR count). The summed E-state index contributed by atoms with van der Waals surface area (Å²) in [5, 5.41) is 4.19. The van der Waals surface area contributed by atoms with E-state index in [2.05, 4.69) is 16.0 Å². The fraction of sp³-hybridized carbons (Fsp3) is 0.278. The predicted octanol–water partition coefficient (Wildman–Crippen LogP) is 1.38. The van der Waals surface area contributed by atoms with Crippen molar-refractivity contribution in [2.45, 2.75) is 20.4 Å². The minimum absolute atomic E-state index is 0.0246. The molecule has 138 valence electrons. The van der Waals surface area contributed by atoms with Gasteiger partial charge >= 0.3 is 0 Å². The fourth-order valence-electron chi connectivity index (χ4n) is 2.28. The van der Waals surface area contributed by atoms with Crippen molar-refractivity contribution in [1.29, 1.82) is 0 Å². The normalized spacial score (nSPS) is 10.6. The van der Waals surface area contributed by atoms with E-state index < -0.39 is 5.91 Å². The number of aryl methyl sites for hydroxylation is 2. The van der Waals surface area contributed by atoms with Gasteiger partial charge in [0.1, 0.15) is 18.0 Å². The van der Waals surface area contributed by atoms with Crippen LogP contribution in [0.25, 0.3) is 6.08 Å². The molecule has 1 aromatic carbocycles. The Balaban J connectivity index is 1.89. The Hall–Kier alpha value is -3.29. The van der Waals surface area contributed by atoms with Crippen LogP contribution in [0.5, 0.6) is 11.5 Å². The molecule has 0 saturated heterocycles. The highest BCUT2D eigenvalue weighted by molar-refractivity contribution is 5.93. The molecule has 1 heterocycles. The van der Waals surface area contributed by atoms with Gasteiger partial charge < -0.3 is 9.47 Å². The van der Waals surface area contributed by atoms with E-state index in [1.165, 1.54) is 6.08 Å². The topological polar surface area (TPSA) is 94.5 Å². The number of ether oxygens (including phenoxy) is 2. The Morgan fingerprint density at radius 3 is 2.27 bits per heavy atom. The molecule has 2 aromatic rings. The summed E-state index contributed by atoms with van der Waals surface area (Å²) in [7, 11) is 3.10. The molecule has 0 aliphatic carbocycles. The number of hydrazine groups is 1. The number of nitrogens with zero attached hydrogens (tertiary/aromatic N) is 2. The Morgan fingerprint density at radius 1 is 1.08 bits per heavy atom. The third-order valence-corrected chi connectivity index (χ3v) is 3.52. The van der Waals surface area contributed by atoms with Crippen LogP contribution in [0.3, 0.4) is 0 Å². The van der Waals surface area contributed by atoms with Gasteiger partial charge in [0.15, 0.2) is 0 Å². The van der Waals surface area contributed by atoms with E-state index >= 15 is 0 Å². The van der Waals surface area contributed by atoms with Gasteiger partial charge in [-0.25, -0.2) is 0 Å². The summed E-state index contributed by atoms with van der Waals surface area (Å²) in [6, 6.07) is 7.12. The lowest BCUT2D eigenvalue weighted by Gasteiger charge is -2.07. The highest BCUT2D eigenvalue weighted by Crippen LogP contribution is 2.23. The largest absolute Gasteiger partial charge is 0.497 e. The molecule has 2 amide bonds. The van der Waals surface area contributed by atoms with E-state index in [9.17, 15) is 9.59 Å². The van der Waals surface area contributed by atoms with Crippen LogP contribution >= 0.6 is 0 Å². The maximum atomic E-state index is 11.9. The number of benzene rings is 1. The number of aromatic nitrogens is 2. The first-order chi connectivity index (χ1) is 12.4. The van der Waals surface area contributed by atoms with E-state index in [1.807, 2.05) is 19.9 Å². The SMILES string of the molecule is COc1cc(/C=C/C(=O)NNC(=O)Cn2nc(C)cc2C)cc(OC)c1. The van der Waals surface area contributed by atoms with Gasteiger partial charge in [0.25, 0.3) is 11.8 Å². The molecule has 0 unspecified atom stereocenters. The zero-order chi connectivity index (χ0) is 19.1. The van der Waals surface area contributed by atoms with Gasteiger partial charge in [0.2, 0.25) is 0 Å². The minimum Gasteiger partial charge on any atom is -0.497 e. The average molecular weight is 358 g/mol. The molecule has 0 atom stereocenters. The molecule has 8 nitrogen and oxygen atoms in total. The molecule has 0 bridgehead atoms. The Bertz CT molecular complexity index is 804. The highest BCUT2D eigenvalue weighted by atomic mass is 16.5. The summed E-state index contributed by atoms with van der Waals surface area (Å²) in [5.74, 6) is 0.389. The maximum absolute atomic E-state index is 11.9. The molecule has 0 spiro atoms. The summed E-state index contributed by atoms with van der Waals surface area (Å²) < 4.78 is 11.9. The number of carbonyl (C=O) groups is 2. The molecule has 0 aliphatic heterocycles. The van der Waals surface area contributed by atoms with Gasteiger partial charge in [0, 0.05) is 17.8 Å². The Labute approximate surface area is 151 Å². The van der Waals surface area contributed by atoms with Gasteiger partial charge in [0.05, 0.1) is 19.9 Å². The molecule has 26 heavy (non-hydrogen) atoms. The third-order valence-electron chi connectivity index (χ3n) is 3.52. The van der Waals surface area contributed by atoms with Crippen molar-refractivity contribution in [1.82, 2.24) is 20.6 Å². The van der Waals surface area contributed by atoms with Gasteiger partial charge in [-0.3, -0.25) is 25.1 Å². The van der Waals surface area contributed by atoms with Crippen LogP contribution in [-0.2, 0) is 16.1 Å². The number of hydrogen-bond acceptors (Lipinski definition) is 5. The zero-order valence-electron chi connectivity index (χ0n) is 15.2. The number of carbonyl (C=O) groups excluding carboxylic acids is 2. The molecule has 0 aliphatic rings. The molecule has 2 N–H and O–H groups in total. The van der Waals surface area contributed by atoms with Crippen LogP contribution in [0.1, 0.15) is 17.0 Å². The van der Waals surface area contributed by atoms with Crippen LogP contribution in [-0.4, -0.2) is 35.8 Å². The van der Waals surface area contributed by atoms with Crippen LogP contribution < -0.4 is 20.3 Å². The third kappa shape index (κ3) is 5.37. The van der Waals surface area contributed by atoms with Crippen LogP contribution in [0.15, 0.2) is 30.3 Å². The van der Waals surface area contributed by atoms with Crippen molar-refractivity contribution in [3.63, 3.8) is 0 Å². The predicted molar refractivity (Wildman–Crippen MR) is 96.6 cm³/mol. The zero-order valence-corrected chi connectivity index (χ0v) is 15.2. The first-order valence-electron chi connectivity index (χ1n) is 7.92. The van der Waals surface area contributed by atoms with Gasteiger partial charge in [-0.2, -0.15) is 5.10 Å². The van der Waals surface area contributed by atoms with E-state index in [1.54, 1.807) is 43.2 Å². The standard InChI is InChI=1S/C18H22N4O4/c1-12-7-13(2)22(21-12)11-18(24)20-19-17(23)6-5-14-8-15(25-3)10-16(9-14)26-4/h5-10H,11H2,1-4H3,(H,19,23)(H,20,24)/b6-5+. The Morgan fingerprint density at radius 2 is 1.73 bits per heavy atom. The maximum Gasteiger partial charge on any atom is 0.262 e. The van der Waals surface area contributed by atoms with Crippen molar-refractivity contribution in [3.8, 4) is 11.5 Å². The fourth-order valence-corrected chi connectivity index (χ4v) is 2.28. The second-order valence-corrected chi connectivity index (χ2v) is 5.60. The first kappa shape index (κ1) is 19.0. The van der Waals surface area contributed by atoms with E-state index in [0.717, 1.165) is 17.0 Å². The van der Waals surface area contributed by atoms with Crippen molar-refractivity contribution in [2.24, 2.45) is 0 Å². The number of nitrogens with one attached hydrogen (secondary N) is 2. The second-order valence-electron chi connectivity index (χ2n) is 5.60. The monoisotopic (exact) mass is 358 g/mol. The molecular formula is C18H22N4O4. The van der Waals surface area contributed by atoms with Crippen molar-refractivity contribution in [2.75, 3.05) is 14.2 Å². The number of hydrogen-bond donors (Lipinski definition) is 2. The molecule has 0 fully saturated rings. The van der Waals surface area contributed by atoms with Crippen LogP contribution in [0, 0.1) is 13.8 Å². The second kappa shape index (κ2) is 8.70. The van der Waals surface area contributed by atoms with Gasteiger partial charge in [-0.05, 0) is 43.7 Å². The number of methoxy groups -OCH3 is 2.